The highest BCUT2D eigenvalue weighted by atomic mass is 16.5. The molecule has 0 radical (unpaired) electrons. The third kappa shape index (κ3) is 1.95. The molecule has 3 heteroatoms. The lowest BCUT2D eigenvalue weighted by molar-refractivity contribution is -0.0188. The summed E-state index contributed by atoms with van der Waals surface area (Å²) in [4.78, 5) is 2.59. The maximum Gasteiger partial charge on any atom is 0.0586 e. The average molecular weight is 198 g/mol. The van der Waals surface area contributed by atoms with Crippen LogP contribution in [0.15, 0.2) is 0 Å². The van der Waals surface area contributed by atoms with Crippen LogP contribution in [0.25, 0.3) is 0 Å². The summed E-state index contributed by atoms with van der Waals surface area (Å²) in [5.41, 5.74) is 5.73. The standard InChI is InChI=1S/C11H22N2O/c1-14-11-4-2-3-9(7-11)13-6-5-10(13)8-12/h9-11H,2-8,12H2,1H3. The van der Waals surface area contributed by atoms with Gasteiger partial charge in [-0.1, -0.05) is 0 Å². The van der Waals surface area contributed by atoms with E-state index in [0.29, 0.717) is 12.1 Å². The van der Waals surface area contributed by atoms with Crippen molar-refractivity contribution in [3.63, 3.8) is 0 Å². The van der Waals surface area contributed by atoms with Crippen molar-refractivity contribution in [2.45, 2.75) is 50.3 Å². The Bertz CT molecular complexity index is 182. The molecule has 3 unspecified atom stereocenters. The van der Waals surface area contributed by atoms with Crippen molar-refractivity contribution in [1.29, 1.82) is 0 Å². The highest BCUT2D eigenvalue weighted by molar-refractivity contribution is 4.91. The summed E-state index contributed by atoms with van der Waals surface area (Å²) in [5, 5.41) is 0. The fraction of sp³-hybridized carbons (Fsp3) is 1.00. The lowest BCUT2D eigenvalue weighted by Crippen LogP contribution is -2.57. The Morgan fingerprint density at radius 3 is 2.79 bits per heavy atom. The molecule has 14 heavy (non-hydrogen) atoms. The molecular weight excluding hydrogens is 176 g/mol. The Morgan fingerprint density at radius 2 is 2.21 bits per heavy atom. The molecule has 0 amide bonds. The molecule has 0 bridgehead atoms. The van der Waals surface area contributed by atoms with Crippen molar-refractivity contribution in [2.75, 3.05) is 20.2 Å². The highest BCUT2D eigenvalue weighted by Crippen LogP contribution is 2.30. The predicted molar refractivity (Wildman–Crippen MR) is 57.2 cm³/mol. The Hall–Kier alpha value is -0.120. The van der Waals surface area contributed by atoms with Crippen LogP contribution in [0, 0.1) is 0 Å². The SMILES string of the molecule is COC1CCCC(N2CCC2CN)C1. The summed E-state index contributed by atoms with van der Waals surface area (Å²) >= 11 is 0. The van der Waals surface area contributed by atoms with E-state index >= 15 is 0 Å². The minimum atomic E-state index is 0.493. The summed E-state index contributed by atoms with van der Waals surface area (Å²) in [5.74, 6) is 0. The van der Waals surface area contributed by atoms with Crippen molar-refractivity contribution in [1.82, 2.24) is 4.90 Å². The molecule has 3 nitrogen and oxygen atoms in total. The molecule has 0 spiro atoms. The number of methoxy groups -OCH3 is 1. The Morgan fingerprint density at radius 1 is 1.36 bits per heavy atom. The van der Waals surface area contributed by atoms with Crippen molar-refractivity contribution in [3.05, 3.63) is 0 Å². The van der Waals surface area contributed by atoms with Gasteiger partial charge in [-0.25, -0.2) is 0 Å². The van der Waals surface area contributed by atoms with Crippen LogP contribution < -0.4 is 5.73 Å². The van der Waals surface area contributed by atoms with Crippen LogP contribution in [-0.2, 0) is 4.74 Å². The third-order valence-corrected chi connectivity index (χ3v) is 3.86. The number of hydrogen-bond donors (Lipinski definition) is 1. The van der Waals surface area contributed by atoms with Gasteiger partial charge in [0.2, 0.25) is 0 Å². The molecule has 1 aliphatic carbocycles. The summed E-state index contributed by atoms with van der Waals surface area (Å²) < 4.78 is 5.45. The molecule has 1 saturated heterocycles. The van der Waals surface area contributed by atoms with Gasteiger partial charge in [0.25, 0.3) is 0 Å². The molecule has 1 heterocycles. The Balaban J connectivity index is 1.84. The molecular formula is C11H22N2O. The first-order valence-electron chi connectivity index (χ1n) is 5.83. The first-order valence-corrected chi connectivity index (χ1v) is 5.83. The molecule has 0 aromatic rings. The first kappa shape index (κ1) is 10.4. The molecule has 3 atom stereocenters. The number of hydrogen-bond acceptors (Lipinski definition) is 3. The lowest BCUT2D eigenvalue weighted by Gasteiger charge is -2.48. The number of likely N-dealkylation sites (tertiary alicyclic amines) is 1. The van der Waals surface area contributed by atoms with Gasteiger partial charge in [-0.3, -0.25) is 4.90 Å². The topological polar surface area (TPSA) is 38.5 Å². The predicted octanol–water partition coefficient (Wildman–Crippen LogP) is 0.977. The number of ether oxygens (including phenoxy) is 1. The van der Waals surface area contributed by atoms with Crippen LogP contribution in [0.3, 0.4) is 0 Å². The maximum absolute atomic E-state index is 5.73. The van der Waals surface area contributed by atoms with Gasteiger partial charge in [0.05, 0.1) is 6.10 Å². The quantitative estimate of drug-likeness (QED) is 0.734. The molecule has 2 N–H and O–H groups in total. The maximum atomic E-state index is 5.73. The van der Waals surface area contributed by atoms with Crippen LogP contribution in [-0.4, -0.2) is 43.3 Å². The normalized spacial score (nSPS) is 39.4. The average Bonchev–Trinajstić information content (AvgIpc) is 2.17. The first-order chi connectivity index (χ1) is 6.85. The van der Waals surface area contributed by atoms with Crippen LogP contribution in [0.2, 0.25) is 0 Å². The molecule has 1 saturated carbocycles. The zero-order valence-electron chi connectivity index (χ0n) is 9.11. The minimum absolute atomic E-state index is 0.493. The zero-order chi connectivity index (χ0) is 9.97. The van der Waals surface area contributed by atoms with Gasteiger partial charge >= 0.3 is 0 Å². The Kier molecular flexibility index (Phi) is 3.42. The third-order valence-electron chi connectivity index (χ3n) is 3.86. The summed E-state index contributed by atoms with van der Waals surface area (Å²) in [7, 11) is 1.84. The van der Waals surface area contributed by atoms with E-state index in [9.17, 15) is 0 Å². The van der Waals surface area contributed by atoms with Gasteiger partial charge in [0.1, 0.15) is 0 Å². The number of nitrogens with zero attached hydrogens (tertiary/aromatic N) is 1. The Labute approximate surface area is 86.6 Å². The van der Waals surface area contributed by atoms with Gasteiger partial charge in [-0.05, 0) is 32.1 Å². The van der Waals surface area contributed by atoms with Crippen molar-refractivity contribution >= 4 is 0 Å². The largest absolute Gasteiger partial charge is 0.381 e. The smallest absolute Gasteiger partial charge is 0.0586 e. The molecule has 82 valence electrons. The molecule has 2 rings (SSSR count). The molecule has 0 aromatic heterocycles. The second-order valence-corrected chi connectivity index (χ2v) is 4.59. The fourth-order valence-corrected chi connectivity index (χ4v) is 2.83. The summed E-state index contributed by atoms with van der Waals surface area (Å²) in [6.07, 6.45) is 6.91. The molecule has 1 aliphatic heterocycles. The van der Waals surface area contributed by atoms with Gasteiger partial charge in [0.15, 0.2) is 0 Å². The van der Waals surface area contributed by atoms with Crippen molar-refractivity contribution in [2.24, 2.45) is 5.73 Å². The van der Waals surface area contributed by atoms with E-state index in [2.05, 4.69) is 4.90 Å². The second-order valence-electron chi connectivity index (χ2n) is 4.59. The van der Waals surface area contributed by atoms with Crippen LogP contribution in [0.4, 0.5) is 0 Å². The van der Waals surface area contributed by atoms with Gasteiger partial charge < -0.3 is 10.5 Å². The molecule has 2 fully saturated rings. The van der Waals surface area contributed by atoms with Gasteiger partial charge in [-0.15, -0.1) is 0 Å². The summed E-state index contributed by atoms with van der Waals surface area (Å²) in [6, 6.07) is 1.41. The summed E-state index contributed by atoms with van der Waals surface area (Å²) in [6.45, 7) is 2.08. The van der Waals surface area contributed by atoms with Crippen LogP contribution in [0.1, 0.15) is 32.1 Å². The number of nitrogens with two attached hydrogens (primary N) is 1. The van der Waals surface area contributed by atoms with E-state index in [4.69, 9.17) is 10.5 Å². The zero-order valence-corrected chi connectivity index (χ0v) is 9.11. The van der Waals surface area contributed by atoms with E-state index in [-0.39, 0.29) is 0 Å². The second kappa shape index (κ2) is 4.60. The molecule has 2 aliphatic rings. The van der Waals surface area contributed by atoms with E-state index in [1.165, 1.54) is 38.6 Å². The number of rotatable bonds is 3. The van der Waals surface area contributed by atoms with Gasteiger partial charge in [-0.2, -0.15) is 0 Å². The highest BCUT2D eigenvalue weighted by Gasteiger charge is 2.35. The van der Waals surface area contributed by atoms with E-state index in [1.807, 2.05) is 7.11 Å². The van der Waals surface area contributed by atoms with Crippen molar-refractivity contribution in [3.8, 4) is 0 Å². The van der Waals surface area contributed by atoms with E-state index in [0.717, 1.165) is 12.6 Å². The lowest BCUT2D eigenvalue weighted by atomic mass is 9.87. The fourth-order valence-electron chi connectivity index (χ4n) is 2.83. The van der Waals surface area contributed by atoms with Gasteiger partial charge in [0, 0.05) is 32.3 Å². The van der Waals surface area contributed by atoms with Crippen molar-refractivity contribution < 1.29 is 4.74 Å². The van der Waals surface area contributed by atoms with E-state index < -0.39 is 0 Å². The van der Waals surface area contributed by atoms with Crippen LogP contribution >= 0.6 is 0 Å². The monoisotopic (exact) mass is 198 g/mol. The minimum Gasteiger partial charge on any atom is -0.381 e. The molecule has 0 aromatic carbocycles. The van der Waals surface area contributed by atoms with Crippen LogP contribution in [0.5, 0.6) is 0 Å². The van der Waals surface area contributed by atoms with E-state index in [1.54, 1.807) is 0 Å².